The topological polar surface area (TPSA) is 105 Å². The molecule has 4 rings (SSSR count). The van der Waals surface area contributed by atoms with Crippen molar-refractivity contribution in [2.24, 2.45) is 0 Å². The predicted octanol–water partition coefficient (Wildman–Crippen LogP) is 3.83. The Bertz CT molecular complexity index is 1210. The minimum absolute atomic E-state index is 0.0530. The zero-order valence-corrected chi connectivity index (χ0v) is 22.9. The molecule has 2 aromatic carbocycles. The van der Waals surface area contributed by atoms with Crippen molar-refractivity contribution >= 4 is 27.5 Å². The Morgan fingerprint density at radius 3 is 2.39 bits per heavy atom. The molecule has 0 spiro atoms. The zero-order valence-electron chi connectivity index (χ0n) is 22.1. The largest absolute Gasteiger partial charge is 0.454 e. The van der Waals surface area contributed by atoms with Gasteiger partial charge in [0, 0.05) is 18.7 Å². The van der Waals surface area contributed by atoms with Gasteiger partial charge in [0.25, 0.3) is 0 Å². The molecule has 0 saturated heterocycles. The first-order chi connectivity index (χ1) is 18.3. The van der Waals surface area contributed by atoms with E-state index in [4.69, 9.17) is 9.47 Å². The van der Waals surface area contributed by atoms with Crippen molar-refractivity contribution in [1.29, 1.82) is 0 Å². The molecule has 38 heavy (non-hydrogen) atoms. The number of rotatable bonds is 11. The molecule has 1 aliphatic carbocycles. The van der Waals surface area contributed by atoms with Crippen LogP contribution in [-0.2, 0) is 26.2 Å². The number of sulfonamides is 1. The molecule has 1 saturated carbocycles. The highest BCUT2D eigenvalue weighted by Crippen LogP contribution is 2.36. The molecule has 0 bridgehead atoms. The van der Waals surface area contributed by atoms with Crippen molar-refractivity contribution in [2.45, 2.75) is 71.0 Å². The quantitative estimate of drug-likeness (QED) is 0.462. The van der Waals surface area contributed by atoms with E-state index in [-0.39, 0.29) is 31.0 Å². The molecular weight excluding hydrogens is 506 g/mol. The van der Waals surface area contributed by atoms with Crippen LogP contribution in [0.5, 0.6) is 11.5 Å². The summed E-state index contributed by atoms with van der Waals surface area (Å²) in [5.74, 6) is 0.105. The summed E-state index contributed by atoms with van der Waals surface area (Å²) in [6.07, 6.45) is 5.59. The molecule has 2 aliphatic rings. The van der Waals surface area contributed by atoms with E-state index < -0.39 is 28.5 Å². The fraction of sp³-hybridized carbons (Fsp3) is 0.500. The summed E-state index contributed by atoms with van der Waals surface area (Å²) >= 11 is 0. The lowest BCUT2D eigenvalue weighted by Gasteiger charge is -2.34. The Kier molecular flexibility index (Phi) is 9.14. The van der Waals surface area contributed by atoms with Crippen molar-refractivity contribution < 1.29 is 27.5 Å². The van der Waals surface area contributed by atoms with Gasteiger partial charge < -0.3 is 19.7 Å². The number of benzene rings is 2. The molecular formula is C28H37N3O6S. The van der Waals surface area contributed by atoms with Crippen LogP contribution in [0, 0.1) is 0 Å². The number of anilines is 1. The van der Waals surface area contributed by atoms with E-state index in [2.05, 4.69) is 5.32 Å². The van der Waals surface area contributed by atoms with Crippen molar-refractivity contribution in [2.75, 3.05) is 23.4 Å². The number of ether oxygens (including phenoxy) is 2. The van der Waals surface area contributed by atoms with Crippen molar-refractivity contribution in [3.05, 3.63) is 54.1 Å². The lowest BCUT2D eigenvalue weighted by atomic mass is 9.95. The molecule has 1 atom stereocenters. The maximum Gasteiger partial charge on any atom is 0.244 e. The zero-order chi connectivity index (χ0) is 27.1. The fourth-order valence-corrected chi connectivity index (χ4v) is 6.06. The number of carbonyl (C=O) groups is 2. The summed E-state index contributed by atoms with van der Waals surface area (Å²) in [4.78, 5) is 28.9. The second kappa shape index (κ2) is 12.5. The van der Waals surface area contributed by atoms with Crippen LogP contribution in [-0.4, -0.2) is 56.3 Å². The van der Waals surface area contributed by atoms with Gasteiger partial charge in [0.05, 0.1) is 11.4 Å². The SMILES string of the molecule is CC[C@@H](C(=O)NC1CCCCC1)N(Cc1ccccc1)C(=O)CN(c1ccc2c(c1)OCO2)S(=O)(=O)CC. The van der Waals surface area contributed by atoms with Gasteiger partial charge in [-0.1, -0.05) is 56.5 Å². The first-order valence-electron chi connectivity index (χ1n) is 13.4. The summed E-state index contributed by atoms with van der Waals surface area (Å²) < 4.78 is 38.2. The second-order valence-corrected chi connectivity index (χ2v) is 11.9. The van der Waals surface area contributed by atoms with E-state index >= 15 is 0 Å². The number of nitrogens with one attached hydrogen (secondary N) is 1. The minimum atomic E-state index is -3.82. The van der Waals surface area contributed by atoms with Crippen molar-refractivity contribution in [3.8, 4) is 11.5 Å². The average Bonchev–Trinajstić information content (AvgIpc) is 3.40. The number of fused-ring (bicyclic) bond motifs is 1. The Morgan fingerprint density at radius 2 is 1.71 bits per heavy atom. The predicted molar refractivity (Wildman–Crippen MR) is 145 cm³/mol. The maximum absolute atomic E-state index is 13.9. The molecule has 1 N–H and O–H groups in total. The summed E-state index contributed by atoms with van der Waals surface area (Å²) in [5.41, 5.74) is 1.17. The standard InChI is InChI=1S/C28H37N3O6S/c1-3-24(28(33)29-22-13-9-6-10-14-22)30(18-21-11-7-5-8-12-21)27(32)19-31(38(34,35)4-2)23-15-16-25-26(17-23)37-20-36-25/h5,7-8,11-12,15-17,22,24H,3-4,6,9-10,13-14,18-20H2,1-2H3,(H,29,33)/t24-/m0/s1. The van der Waals surface area contributed by atoms with Gasteiger partial charge in [-0.25, -0.2) is 8.42 Å². The van der Waals surface area contributed by atoms with Crippen LogP contribution in [0.15, 0.2) is 48.5 Å². The van der Waals surface area contributed by atoms with E-state index in [1.165, 1.54) is 18.2 Å². The second-order valence-electron chi connectivity index (χ2n) is 9.72. The average molecular weight is 544 g/mol. The maximum atomic E-state index is 13.9. The van der Waals surface area contributed by atoms with Crippen LogP contribution in [0.25, 0.3) is 0 Å². The van der Waals surface area contributed by atoms with Crippen LogP contribution in [0.2, 0.25) is 0 Å². The molecule has 2 aromatic rings. The van der Waals surface area contributed by atoms with Crippen LogP contribution in [0.1, 0.15) is 57.9 Å². The first kappa shape index (κ1) is 27.8. The van der Waals surface area contributed by atoms with Gasteiger partial charge >= 0.3 is 0 Å². The molecule has 0 radical (unpaired) electrons. The Labute approximate surface area is 225 Å². The fourth-order valence-electron chi connectivity index (χ4n) is 5.00. The third-order valence-corrected chi connectivity index (χ3v) is 8.90. The summed E-state index contributed by atoms with van der Waals surface area (Å²) in [6.45, 7) is 3.22. The van der Waals surface area contributed by atoms with Crippen LogP contribution in [0.3, 0.4) is 0 Å². The van der Waals surface area contributed by atoms with Gasteiger partial charge in [-0.15, -0.1) is 0 Å². The molecule has 9 nitrogen and oxygen atoms in total. The first-order valence-corrected chi connectivity index (χ1v) is 15.0. The van der Waals surface area contributed by atoms with Crippen molar-refractivity contribution in [1.82, 2.24) is 10.2 Å². The van der Waals surface area contributed by atoms with Gasteiger partial charge in [0.2, 0.25) is 28.6 Å². The third-order valence-electron chi connectivity index (χ3n) is 7.16. The molecule has 1 fully saturated rings. The number of carbonyl (C=O) groups excluding carboxylic acids is 2. The highest BCUT2D eigenvalue weighted by atomic mass is 32.2. The number of amides is 2. The normalized spacial score (nSPS) is 16.1. The molecule has 2 amide bonds. The van der Waals surface area contributed by atoms with E-state index in [1.54, 1.807) is 18.2 Å². The Hall–Kier alpha value is -3.27. The van der Waals surface area contributed by atoms with Gasteiger partial charge in [0.15, 0.2) is 11.5 Å². The van der Waals surface area contributed by atoms with E-state index in [1.807, 2.05) is 37.3 Å². The van der Waals surface area contributed by atoms with Gasteiger partial charge in [-0.2, -0.15) is 0 Å². The molecule has 1 heterocycles. The lowest BCUT2D eigenvalue weighted by molar-refractivity contribution is -0.140. The minimum Gasteiger partial charge on any atom is -0.454 e. The summed E-state index contributed by atoms with van der Waals surface area (Å²) in [6, 6.07) is 13.6. The van der Waals surface area contributed by atoms with Crippen molar-refractivity contribution in [3.63, 3.8) is 0 Å². The number of hydrogen-bond donors (Lipinski definition) is 1. The highest BCUT2D eigenvalue weighted by molar-refractivity contribution is 7.92. The van der Waals surface area contributed by atoms with Gasteiger partial charge in [-0.05, 0) is 43.9 Å². The van der Waals surface area contributed by atoms with Gasteiger partial charge in [0.1, 0.15) is 12.6 Å². The van der Waals surface area contributed by atoms with Gasteiger partial charge in [-0.3, -0.25) is 13.9 Å². The Balaban J connectivity index is 1.62. The summed E-state index contributed by atoms with van der Waals surface area (Å²) in [7, 11) is -3.82. The Morgan fingerprint density at radius 1 is 1.00 bits per heavy atom. The smallest absolute Gasteiger partial charge is 0.244 e. The third kappa shape index (κ3) is 6.59. The molecule has 1 aliphatic heterocycles. The molecule has 0 aromatic heterocycles. The van der Waals surface area contributed by atoms with Crippen LogP contribution in [0.4, 0.5) is 5.69 Å². The van der Waals surface area contributed by atoms with E-state index in [0.717, 1.165) is 35.6 Å². The highest BCUT2D eigenvalue weighted by Gasteiger charge is 2.33. The monoisotopic (exact) mass is 543 g/mol. The summed E-state index contributed by atoms with van der Waals surface area (Å²) in [5, 5.41) is 3.15. The number of hydrogen-bond acceptors (Lipinski definition) is 6. The van der Waals surface area contributed by atoms with E-state index in [9.17, 15) is 18.0 Å². The molecule has 206 valence electrons. The van der Waals surface area contributed by atoms with Crippen LogP contribution < -0.4 is 19.1 Å². The lowest BCUT2D eigenvalue weighted by Crippen LogP contribution is -2.54. The number of nitrogens with zero attached hydrogens (tertiary/aromatic N) is 2. The van der Waals surface area contributed by atoms with Crippen LogP contribution >= 0.6 is 0 Å². The molecule has 0 unspecified atom stereocenters. The molecule has 10 heteroatoms. The van der Waals surface area contributed by atoms with E-state index in [0.29, 0.717) is 23.6 Å².